The Morgan fingerprint density at radius 1 is 1.27 bits per heavy atom. The monoisotopic (exact) mass is 313 g/mol. The molecule has 1 aromatic rings. The molecule has 0 aromatic heterocycles. The Kier molecular flexibility index (Phi) is 5.97. The van der Waals surface area contributed by atoms with Gasteiger partial charge in [0.25, 0.3) is 0 Å². The minimum atomic E-state index is -0.982. The van der Waals surface area contributed by atoms with Crippen LogP contribution in [0.3, 0.4) is 0 Å². The SMILES string of the molecule is CC(C)(C)OC(=O)NCCNc1cc(OC(N)=O)ccc1F. The van der Waals surface area contributed by atoms with E-state index in [1.54, 1.807) is 20.8 Å². The van der Waals surface area contributed by atoms with Crippen LogP contribution in [0.15, 0.2) is 18.2 Å². The number of nitrogens with one attached hydrogen (secondary N) is 2. The number of hydrogen-bond acceptors (Lipinski definition) is 5. The zero-order chi connectivity index (χ0) is 16.8. The molecule has 0 spiro atoms. The standard InChI is InChI=1S/C14H20FN3O4/c1-14(2,3)22-13(20)18-7-6-17-11-8-9(21-12(16)19)4-5-10(11)15/h4-5,8,17H,6-7H2,1-3H3,(H2,16,19)(H,18,20). The summed E-state index contributed by atoms with van der Waals surface area (Å²) in [5.41, 5.74) is 4.43. The topological polar surface area (TPSA) is 103 Å². The summed E-state index contributed by atoms with van der Waals surface area (Å²) >= 11 is 0. The van der Waals surface area contributed by atoms with Crippen LogP contribution in [0.1, 0.15) is 20.8 Å². The van der Waals surface area contributed by atoms with E-state index >= 15 is 0 Å². The van der Waals surface area contributed by atoms with Crippen LogP contribution in [0.25, 0.3) is 0 Å². The predicted molar refractivity (Wildman–Crippen MR) is 79.3 cm³/mol. The van der Waals surface area contributed by atoms with Gasteiger partial charge in [-0.2, -0.15) is 0 Å². The summed E-state index contributed by atoms with van der Waals surface area (Å²) in [6.07, 6.45) is -1.54. The predicted octanol–water partition coefficient (Wildman–Crippen LogP) is 2.22. The molecule has 0 aliphatic carbocycles. The maximum absolute atomic E-state index is 13.6. The number of nitrogens with two attached hydrogens (primary N) is 1. The van der Waals surface area contributed by atoms with E-state index in [1.807, 2.05) is 0 Å². The van der Waals surface area contributed by atoms with Crippen molar-refractivity contribution in [3.05, 3.63) is 24.0 Å². The molecule has 4 N–H and O–H groups in total. The zero-order valence-electron chi connectivity index (χ0n) is 12.7. The number of alkyl carbamates (subject to hydrolysis) is 1. The molecule has 0 bridgehead atoms. The molecule has 0 aliphatic heterocycles. The fourth-order valence-corrected chi connectivity index (χ4v) is 1.50. The van der Waals surface area contributed by atoms with Crippen LogP contribution < -0.4 is 21.1 Å². The summed E-state index contributed by atoms with van der Waals surface area (Å²) in [6.45, 7) is 5.75. The van der Waals surface area contributed by atoms with Gasteiger partial charge in [0.2, 0.25) is 0 Å². The van der Waals surface area contributed by atoms with Gasteiger partial charge in [0, 0.05) is 19.2 Å². The lowest BCUT2D eigenvalue weighted by Gasteiger charge is -2.19. The zero-order valence-corrected chi connectivity index (χ0v) is 12.7. The van der Waals surface area contributed by atoms with E-state index in [2.05, 4.69) is 15.4 Å². The van der Waals surface area contributed by atoms with Crippen LogP contribution in [0.4, 0.5) is 19.7 Å². The van der Waals surface area contributed by atoms with E-state index in [0.717, 1.165) is 6.07 Å². The molecule has 8 heteroatoms. The van der Waals surface area contributed by atoms with Crippen molar-refractivity contribution in [1.29, 1.82) is 0 Å². The van der Waals surface area contributed by atoms with Crippen LogP contribution in [-0.4, -0.2) is 30.9 Å². The van der Waals surface area contributed by atoms with Gasteiger partial charge in [0.1, 0.15) is 17.2 Å². The number of rotatable bonds is 5. The number of primary amides is 1. The molecule has 0 saturated heterocycles. The lowest BCUT2D eigenvalue weighted by Crippen LogP contribution is -2.35. The van der Waals surface area contributed by atoms with Gasteiger partial charge in [-0.1, -0.05) is 0 Å². The van der Waals surface area contributed by atoms with Crippen molar-refractivity contribution in [2.45, 2.75) is 26.4 Å². The van der Waals surface area contributed by atoms with Crippen LogP contribution >= 0.6 is 0 Å². The summed E-state index contributed by atoms with van der Waals surface area (Å²) in [6, 6.07) is 3.72. The first-order chi connectivity index (χ1) is 10.2. The Balaban J connectivity index is 2.44. The Morgan fingerprint density at radius 3 is 2.55 bits per heavy atom. The molecule has 0 saturated carbocycles. The van der Waals surface area contributed by atoms with Crippen molar-refractivity contribution in [2.24, 2.45) is 5.73 Å². The van der Waals surface area contributed by atoms with Crippen molar-refractivity contribution >= 4 is 17.9 Å². The molecule has 1 rings (SSSR count). The number of anilines is 1. The van der Waals surface area contributed by atoms with E-state index < -0.39 is 23.6 Å². The minimum absolute atomic E-state index is 0.122. The fourth-order valence-electron chi connectivity index (χ4n) is 1.50. The number of carbonyl (C=O) groups is 2. The molecular weight excluding hydrogens is 293 g/mol. The number of ether oxygens (including phenoxy) is 2. The summed E-state index contributed by atoms with van der Waals surface area (Å²) in [7, 11) is 0. The highest BCUT2D eigenvalue weighted by molar-refractivity contribution is 5.69. The van der Waals surface area contributed by atoms with E-state index in [1.165, 1.54) is 12.1 Å². The molecular formula is C14H20FN3O4. The molecule has 0 fully saturated rings. The fraction of sp³-hybridized carbons (Fsp3) is 0.429. The third-order valence-electron chi connectivity index (χ3n) is 2.26. The maximum atomic E-state index is 13.6. The van der Waals surface area contributed by atoms with Gasteiger partial charge in [-0.25, -0.2) is 14.0 Å². The normalized spacial score (nSPS) is 10.7. The Bertz CT molecular complexity index is 543. The highest BCUT2D eigenvalue weighted by atomic mass is 19.1. The van der Waals surface area contributed by atoms with Crippen LogP contribution in [0.2, 0.25) is 0 Å². The van der Waals surface area contributed by atoms with Crippen molar-refractivity contribution in [3.8, 4) is 5.75 Å². The Labute approximate surface area is 128 Å². The molecule has 2 amide bonds. The number of carbonyl (C=O) groups excluding carboxylic acids is 2. The molecule has 0 heterocycles. The highest BCUT2D eigenvalue weighted by Gasteiger charge is 2.15. The first kappa shape index (κ1) is 17.5. The van der Waals surface area contributed by atoms with E-state index in [4.69, 9.17) is 10.5 Å². The second-order valence-electron chi connectivity index (χ2n) is 5.42. The number of amides is 2. The lowest BCUT2D eigenvalue weighted by molar-refractivity contribution is 0.0530. The minimum Gasteiger partial charge on any atom is -0.444 e. The molecule has 1 aromatic carbocycles. The van der Waals surface area contributed by atoms with Gasteiger partial charge in [0.05, 0.1) is 5.69 Å². The molecule has 0 radical (unpaired) electrons. The average Bonchev–Trinajstić information content (AvgIpc) is 2.35. The first-order valence-corrected chi connectivity index (χ1v) is 6.65. The van der Waals surface area contributed by atoms with Crippen molar-refractivity contribution in [3.63, 3.8) is 0 Å². The van der Waals surface area contributed by atoms with Gasteiger partial charge in [-0.15, -0.1) is 0 Å². The van der Waals surface area contributed by atoms with Gasteiger partial charge < -0.3 is 25.8 Å². The van der Waals surface area contributed by atoms with Crippen molar-refractivity contribution < 1.29 is 23.5 Å². The lowest BCUT2D eigenvalue weighted by atomic mass is 10.2. The van der Waals surface area contributed by atoms with Gasteiger partial charge in [-0.3, -0.25) is 0 Å². The maximum Gasteiger partial charge on any atom is 0.409 e. The second kappa shape index (κ2) is 7.48. The van der Waals surface area contributed by atoms with Crippen molar-refractivity contribution in [1.82, 2.24) is 5.32 Å². The summed E-state index contributed by atoms with van der Waals surface area (Å²) < 4.78 is 23.3. The van der Waals surface area contributed by atoms with Gasteiger partial charge in [-0.05, 0) is 32.9 Å². The molecule has 7 nitrogen and oxygen atoms in total. The summed E-state index contributed by atoms with van der Waals surface area (Å²) in [4.78, 5) is 22.0. The van der Waals surface area contributed by atoms with Crippen LogP contribution in [-0.2, 0) is 4.74 Å². The second-order valence-corrected chi connectivity index (χ2v) is 5.42. The number of benzene rings is 1. The Hall–Kier alpha value is -2.51. The van der Waals surface area contributed by atoms with E-state index in [-0.39, 0.29) is 24.5 Å². The molecule has 122 valence electrons. The van der Waals surface area contributed by atoms with Gasteiger partial charge in [0.15, 0.2) is 0 Å². The third-order valence-corrected chi connectivity index (χ3v) is 2.26. The molecule has 0 unspecified atom stereocenters. The summed E-state index contributed by atoms with van der Waals surface area (Å²) in [5, 5.41) is 5.29. The molecule has 0 atom stereocenters. The third kappa shape index (κ3) is 6.78. The average molecular weight is 313 g/mol. The quantitative estimate of drug-likeness (QED) is 0.723. The van der Waals surface area contributed by atoms with Crippen molar-refractivity contribution in [2.75, 3.05) is 18.4 Å². The van der Waals surface area contributed by atoms with Crippen LogP contribution in [0.5, 0.6) is 5.75 Å². The van der Waals surface area contributed by atoms with E-state index in [9.17, 15) is 14.0 Å². The van der Waals surface area contributed by atoms with Crippen LogP contribution in [0, 0.1) is 5.82 Å². The summed E-state index contributed by atoms with van der Waals surface area (Å²) in [5.74, 6) is -0.398. The molecule has 22 heavy (non-hydrogen) atoms. The molecule has 0 aliphatic rings. The van der Waals surface area contributed by atoms with E-state index in [0.29, 0.717) is 0 Å². The largest absolute Gasteiger partial charge is 0.444 e. The Morgan fingerprint density at radius 2 is 1.95 bits per heavy atom. The number of halogens is 1. The first-order valence-electron chi connectivity index (χ1n) is 6.65. The number of hydrogen-bond donors (Lipinski definition) is 3. The smallest absolute Gasteiger partial charge is 0.409 e. The highest BCUT2D eigenvalue weighted by Crippen LogP contribution is 2.21. The van der Waals surface area contributed by atoms with Gasteiger partial charge >= 0.3 is 12.2 Å².